The third-order valence-corrected chi connectivity index (χ3v) is 5.75. The Bertz CT molecular complexity index is 851. The maximum absolute atomic E-state index is 13.8. The lowest BCUT2D eigenvalue weighted by Gasteiger charge is -2.35. The van der Waals surface area contributed by atoms with Gasteiger partial charge in [-0.25, -0.2) is 13.8 Å². The number of anilines is 1. The molecular weight excluding hydrogens is 366 g/mol. The molecule has 2 N–H and O–H groups in total. The van der Waals surface area contributed by atoms with Gasteiger partial charge in [-0.15, -0.1) is 0 Å². The molecule has 28 heavy (non-hydrogen) atoms. The van der Waals surface area contributed by atoms with Crippen LogP contribution in [0.5, 0.6) is 0 Å². The van der Waals surface area contributed by atoms with E-state index in [0.29, 0.717) is 25.3 Å². The van der Waals surface area contributed by atoms with Crippen LogP contribution in [0.25, 0.3) is 0 Å². The maximum atomic E-state index is 13.8. The Morgan fingerprint density at radius 3 is 2.71 bits per heavy atom. The number of nitrogens with zero attached hydrogens (tertiary/aromatic N) is 3. The number of benzene rings is 1. The average molecular weight is 388 g/mol. The van der Waals surface area contributed by atoms with Gasteiger partial charge < -0.3 is 15.3 Å². The molecule has 2 aromatic rings. The second kappa shape index (κ2) is 7.79. The summed E-state index contributed by atoms with van der Waals surface area (Å²) in [5.41, 5.74) is 0.198. The molecule has 1 aliphatic heterocycles. The van der Waals surface area contributed by atoms with Gasteiger partial charge in [-0.1, -0.05) is 6.07 Å². The van der Waals surface area contributed by atoms with Crippen molar-refractivity contribution >= 4 is 11.7 Å². The average Bonchev–Trinajstić information content (AvgIpc) is 3.08. The molecule has 0 bridgehead atoms. The first-order valence-corrected chi connectivity index (χ1v) is 9.42. The van der Waals surface area contributed by atoms with Gasteiger partial charge in [0.25, 0.3) is 0 Å². The minimum absolute atomic E-state index is 0.0879. The van der Waals surface area contributed by atoms with Crippen LogP contribution < -0.4 is 5.32 Å². The van der Waals surface area contributed by atoms with Gasteiger partial charge in [0.15, 0.2) is 0 Å². The number of carbonyl (C=O) groups excluding carboxylic acids is 1. The van der Waals surface area contributed by atoms with Crippen LogP contribution in [-0.2, 0) is 11.2 Å². The first-order chi connectivity index (χ1) is 13.5. The van der Waals surface area contributed by atoms with Crippen molar-refractivity contribution in [2.24, 2.45) is 11.8 Å². The number of carbonyl (C=O) groups is 1. The van der Waals surface area contributed by atoms with Crippen LogP contribution in [0.2, 0.25) is 0 Å². The highest BCUT2D eigenvalue weighted by atomic mass is 19.1. The Labute approximate surface area is 161 Å². The Hall–Kier alpha value is -2.61. The second-order valence-corrected chi connectivity index (χ2v) is 7.61. The molecule has 4 atom stereocenters. The van der Waals surface area contributed by atoms with E-state index in [4.69, 9.17) is 0 Å². The third-order valence-electron chi connectivity index (χ3n) is 5.75. The summed E-state index contributed by atoms with van der Waals surface area (Å²) in [7, 11) is 0. The van der Waals surface area contributed by atoms with E-state index in [1.54, 1.807) is 23.5 Å². The smallest absolute Gasteiger partial charge is 0.227 e. The fourth-order valence-electron chi connectivity index (χ4n) is 4.29. The number of rotatable bonds is 4. The molecule has 2 fully saturated rings. The Balaban J connectivity index is 1.38. The zero-order chi connectivity index (χ0) is 19.7. The number of hydrogen-bond donors (Lipinski definition) is 2. The molecule has 148 valence electrons. The Morgan fingerprint density at radius 2 is 2.00 bits per heavy atom. The number of fused-ring (bicyclic) bond motifs is 1. The topological polar surface area (TPSA) is 78.4 Å². The van der Waals surface area contributed by atoms with Crippen molar-refractivity contribution in [3.63, 3.8) is 0 Å². The van der Waals surface area contributed by atoms with Gasteiger partial charge in [-0.05, 0) is 36.3 Å². The minimum Gasteiger partial charge on any atom is -0.391 e. The van der Waals surface area contributed by atoms with Crippen LogP contribution >= 0.6 is 0 Å². The van der Waals surface area contributed by atoms with Crippen molar-refractivity contribution in [2.45, 2.75) is 31.4 Å². The summed E-state index contributed by atoms with van der Waals surface area (Å²) in [6.07, 6.45) is 5.48. The van der Waals surface area contributed by atoms with Crippen molar-refractivity contribution in [3.8, 4) is 0 Å². The van der Waals surface area contributed by atoms with Gasteiger partial charge in [-0.3, -0.25) is 9.78 Å². The van der Waals surface area contributed by atoms with Gasteiger partial charge in [0, 0.05) is 31.5 Å². The lowest BCUT2D eigenvalue weighted by Crippen LogP contribution is -2.43. The van der Waals surface area contributed by atoms with Crippen LogP contribution in [0.3, 0.4) is 0 Å². The molecule has 2 aliphatic rings. The highest BCUT2D eigenvalue weighted by molar-refractivity contribution is 5.79. The molecule has 2 heterocycles. The van der Waals surface area contributed by atoms with Crippen molar-refractivity contribution in [2.75, 3.05) is 18.4 Å². The molecule has 8 heteroatoms. The Morgan fingerprint density at radius 1 is 1.21 bits per heavy atom. The molecule has 0 unspecified atom stereocenters. The normalized spacial score (nSPS) is 26.8. The van der Waals surface area contributed by atoms with E-state index in [-0.39, 0.29) is 35.8 Å². The number of aliphatic hydroxyl groups excluding tert-OH is 1. The molecule has 1 aromatic carbocycles. The second-order valence-electron chi connectivity index (χ2n) is 7.61. The van der Waals surface area contributed by atoms with Gasteiger partial charge in [-0.2, -0.15) is 0 Å². The molecule has 4 rings (SSSR count). The van der Waals surface area contributed by atoms with Crippen molar-refractivity contribution in [1.82, 2.24) is 14.9 Å². The lowest BCUT2D eigenvalue weighted by atomic mass is 9.77. The van der Waals surface area contributed by atoms with Gasteiger partial charge in [0.2, 0.25) is 5.91 Å². The van der Waals surface area contributed by atoms with E-state index in [9.17, 15) is 18.7 Å². The van der Waals surface area contributed by atoms with Crippen LogP contribution in [0.15, 0.2) is 36.8 Å². The zero-order valence-corrected chi connectivity index (χ0v) is 15.3. The standard InChI is InChI=1S/C20H22F2N4O2/c21-15-2-1-12(16(22)8-15)7-20(28)26-10-13-5-17(18(27)6-14(13)11-26)25-19-9-23-3-4-24-19/h1-4,8-9,13-14,17-18,27H,5-7,10-11H2,(H,24,25)/t13-,14+,17-,18-/m1/s1. The van der Waals surface area contributed by atoms with Crippen LogP contribution in [0.4, 0.5) is 14.6 Å². The molecule has 1 aliphatic carbocycles. The summed E-state index contributed by atoms with van der Waals surface area (Å²) in [5, 5.41) is 13.7. The lowest BCUT2D eigenvalue weighted by molar-refractivity contribution is -0.129. The number of amides is 1. The summed E-state index contributed by atoms with van der Waals surface area (Å²) in [4.78, 5) is 22.6. The molecule has 6 nitrogen and oxygen atoms in total. The van der Waals surface area contributed by atoms with Gasteiger partial charge in [0.1, 0.15) is 17.5 Å². The molecule has 1 saturated carbocycles. The molecule has 1 aromatic heterocycles. The Kier molecular flexibility index (Phi) is 5.21. The molecular formula is C20H22F2N4O2. The van der Waals surface area contributed by atoms with Crippen molar-refractivity contribution in [1.29, 1.82) is 0 Å². The van der Waals surface area contributed by atoms with E-state index < -0.39 is 17.7 Å². The summed E-state index contributed by atoms with van der Waals surface area (Å²) in [6.45, 7) is 1.14. The first-order valence-electron chi connectivity index (χ1n) is 9.42. The van der Waals surface area contributed by atoms with Crippen molar-refractivity contribution in [3.05, 3.63) is 54.0 Å². The van der Waals surface area contributed by atoms with Gasteiger partial charge in [0.05, 0.1) is 24.8 Å². The summed E-state index contributed by atoms with van der Waals surface area (Å²) in [5.74, 6) is -0.433. The number of nitrogens with one attached hydrogen (secondary N) is 1. The summed E-state index contributed by atoms with van der Waals surface area (Å²) < 4.78 is 26.9. The van der Waals surface area contributed by atoms with Crippen molar-refractivity contribution < 1.29 is 18.7 Å². The van der Waals surface area contributed by atoms with E-state index in [2.05, 4.69) is 15.3 Å². The maximum Gasteiger partial charge on any atom is 0.227 e. The predicted octanol–water partition coefficient (Wildman–Crippen LogP) is 2.01. The highest BCUT2D eigenvalue weighted by Gasteiger charge is 2.43. The van der Waals surface area contributed by atoms with E-state index in [1.807, 2.05) is 0 Å². The highest BCUT2D eigenvalue weighted by Crippen LogP contribution is 2.37. The van der Waals surface area contributed by atoms with E-state index >= 15 is 0 Å². The number of halogens is 2. The predicted molar refractivity (Wildman–Crippen MR) is 98.3 cm³/mol. The number of hydrogen-bond acceptors (Lipinski definition) is 5. The molecule has 0 spiro atoms. The zero-order valence-electron chi connectivity index (χ0n) is 15.3. The molecule has 0 radical (unpaired) electrons. The number of aliphatic hydroxyl groups is 1. The summed E-state index contributed by atoms with van der Waals surface area (Å²) >= 11 is 0. The SMILES string of the molecule is O=C(Cc1ccc(F)cc1F)N1C[C@H]2C[C@@H](Nc3cnccn3)[C@H](O)C[C@H]2C1. The van der Waals surface area contributed by atoms with E-state index in [1.165, 1.54) is 6.07 Å². The largest absolute Gasteiger partial charge is 0.391 e. The minimum atomic E-state index is -0.700. The first kappa shape index (κ1) is 18.7. The molecule has 1 amide bonds. The fourth-order valence-corrected chi connectivity index (χ4v) is 4.29. The monoisotopic (exact) mass is 388 g/mol. The van der Waals surface area contributed by atoms with Crippen LogP contribution in [-0.4, -0.2) is 51.1 Å². The van der Waals surface area contributed by atoms with E-state index in [0.717, 1.165) is 18.6 Å². The number of aromatic nitrogens is 2. The third kappa shape index (κ3) is 3.96. The molecule has 1 saturated heterocycles. The van der Waals surface area contributed by atoms with Crippen LogP contribution in [0.1, 0.15) is 18.4 Å². The summed E-state index contributed by atoms with van der Waals surface area (Å²) in [6, 6.07) is 3.12. The van der Waals surface area contributed by atoms with Gasteiger partial charge >= 0.3 is 0 Å². The quantitative estimate of drug-likeness (QED) is 0.838. The number of likely N-dealkylation sites (tertiary alicyclic amines) is 1. The fraction of sp³-hybridized carbons (Fsp3) is 0.450. The van der Waals surface area contributed by atoms with Crippen LogP contribution in [0, 0.1) is 23.5 Å².